The van der Waals surface area contributed by atoms with Gasteiger partial charge >= 0.3 is 0 Å². The Labute approximate surface area is 118 Å². The van der Waals surface area contributed by atoms with Crippen molar-refractivity contribution in [2.45, 2.75) is 24.2 Å². The van der Waals surface area contributed by atoms with E-state index in [1.807, 2.05) is 0 Å². The van der Waals surface area contributed by atoms with Gasteiger partial charge in [-0.3, -0.25) is 4.57 Å². The largest absolute Gasteiger partial charge is 0.394 e. The lowest BCUT2D eigenvalue weighted by molar-refractivity contribution is -0.302. The molecule has 5 N–H and O–H groups in total. The molecule has 114 valence electrons. The van der Waals surface area contributed by atoms with Crippen LogP contribution in [0.3, 0.4) is 0 Å². The summed E-state index contributed by atoms with van der Waals surface area (Å²) in [6.07, 6.45) is -1.23. The molecule has 0 amide bonds. The second-order valence-corrected chi connectivity index (χ2v) is 4.65. The second-order valence-electron chi connectivity index (χ2n) is 4.65. The molecule has 10 nitrogen and oxygen atoms in total. The highest BCUT2D eigenvalue weighted by Crippen LogP contribution is 2.38. The lowest BCUT2D eigenvalue weighted by Gasteiger charge is -2.31. The molecule has 2 aromatic rings. The minimum atomic E-state index is -1.76. The van der Waals surface area contributed by atoms with Crippen LogP contribution < -0.4 is 5.73 Å². The fourth-order valence-corrected chi connectivity index (χ4v) is 2.47. The summed E-state index contributed by atoms with van der Waals surface area (Å²) in [6.45, 7) is -0.479. The molecule has 0 spiro atoms. The molecule has 2 aromatic heterocycles. The van der Waals surface area contributed by atoms with Crippen LogP contribution in [0.5, 0.6) is 0 Å². The van der Waals surface area contributed by atoms with Crippen molar-refractivity contribution in [3.05, 3.63) is 12.7 Å². The molecule has 0 saturated carbocycles. The Bertz CT molecular complexity index is 663. The van der Waals surface area contributed by atoms with Gasteiger partial charge in [0, 0.05) is 7.11 Å². The summed E-state index contributed by atoms with van der Waals surface area (Å²) in [4.78, 5) is 11.9. The summed E-state index contributed by atoms with van der Waals surface area (Å²) in [7, 11) is 1.30. The van der Waals surface area contributed by atoms with E-state index >= 15 is 0 Å². The predicted molar refractivity (Wildman–Crippen MR) is 68.7 cm³/mol. The zero-order valence-electron chi connectivity index (χ0n) is 11.1. The van der Waals surface area contributed by atoms with E-state index in [1.165, 1.54) is 24.3 Å². The second kappa shape index (κ2) is 4.86. The third-order valence-corrected chi connectivity index (χ3v) is 3.57. The fourth-order valence-electron chi connectivity index (χ4n) is 2.47. The average Bonchev–Trinajstić information content (AvgIpc) is 3.03. The van der Waals surface area contributed by atoms with Crippen LogP contribution >= 0.6 is 0 Å². The zero-order chi connectivity index (χ0) is 15.2. The first-order valence-electron chi connectivity index (χ1n) is 6.19. The molecule has 0 aliphatic carbocycles. The summed E-state index contributed by atoms with van der Waals surface area (Å²) in [5, 5.41) is 29.4. The van der Waals surface area contributed by atoms with Gasteiger partial charge in [0.05, 0.1) is 6.61 Å². The molecule has 0 bridgehead atoms. The summed E-state index contributed by atoms with van der Waals surface area (Å²) in [5.41, 5.74) is 6.29. The highest BCUT2D eigenvalue weighted by atomic mass is 16.7. The topological polar surface area (TPSA) is 149 Å². The summed E-state index contributed by atoms with van der Waals surface area (Å²) in [6, 6.07) is 0. The van der Waals surface area contributed by atoms with Gasteiger partial charge in [-0.15, -0.1) is 0 Å². The van der Waals surface area contributed by atoms with Crippen molar-refractivity contribution in [3.8, 4) is 0 Å². The molecule has 3 heterocycles. The van der Waals surface area contributed by atoms with Gasteiger partial charge in [-0.2, -0.15) is 0 Å². The number of aliphatic hydroxyl groups is 3. The van der Waals surface area contributed by atoms with Gasteiger partial charge in [-0.25, -0.2) is 15.0 Å². The lowest BCUT2D eigenvalue weighted by Crippen LogP contribution is -2.47. The number of methoxy groups -OCH3 is 1. The Morgan fingerprint density at radius 1 is 1.43 bits per heavy atom. The Morgan fingerprint density at radius 2 is 2.19 bits per heavy atom. The molecule has 21 heavy (non-hydrogen) atoms. The number of ether oxygens (including phenoxy) is 2. The van der Waals surface area contributed by atoms with E-state index in [0.29, 0.717) is 5.52 Å². The maximum atomic E-state index is 10.3. The molecule has 1 fully saturated rings. The van der Waals surface area contributed by atoms with Gasteiger partial charge < -0.3 is 30.5 Å². The van der Waals surface area contributed by atoms with Crippen molar-refractivity contribution >= 4 is 17.0 Å². The number of nitrogens with two attached hydrogens (primary N) is 1. The number of aromatic nitrogens is 4. The van der Waals surface area contributed by atoms with Gasteiger partial charge in [-0.05, 0) is 0 Å². The van der Waals surface area contributed by atoms with E-state index < -0.39 is 30.8 Å². The summed E-state index contributed by atoms with van der Waals surface area (Å²) >= 11 is 0. The number of fused-ring (bicyclic) bond motifs is 1. The maximum Gasteiger partial charge on any atom is 0.288 e. The Kier molecular flexibility index (Phi) is 3.26. The van der Waals surface area contributed by atoms with E-state index in [0.717, 1.165) is 0 Å². The number of rotatable bonds is 3. The van der Waals surface area contributed by atoms with E-state index in [4.69, 9.17) is 15.2 Å². The Balaban J connectivity index is 2.17. The highest BCUT2D eigenvalue weighted by Gasteiger charge is 2.57. The third kappa shape index (κ3) is 1.81. The first-order chi connectivity index (χ1) is 10.0. The van der Waals surface area contributed by atoms with Crippen molar-refractivity contribution in [3.63, 3.8) is 0 Å². The van der Waals surface area contributed by atoms with E-state index in [2.05, 4.69) is 15.0 Å². The van der Waals surface area contributed by atoms with Gasteiger partial charge in [0.1, 0.15) is 30.4 Å². The smallest absolute Gasteiger partial charge is 0.288 e. The summed E-state index contributed by atoms with van der Waals surface area (Å²) in [5.74, 6) is -1.60. The van der Waals surface area contributed by atoms with Gasteiger partial charge in [-0.1, -0.05) is 0 Å². The van der Waals surface area contributed by atoms with Crippen molar-refractivity contribution in [2.24, 2.45) is 0 Å². The quantitative estimate of drug-likeness (QED) is 0.494. The lowest BCUT2D eigenvalue weighted by atomic mass is 10.1. The molecule has 3 rings (SSSR count). The number of nitrogen functional groups attached to an aromatic ring is 1. The molecule has 1 aliphatic heterocycles. The van der Waals surface area contributed by atoms with E-state index in [1.54, 1.807) is 0 Å². The number of nitrogens with zero attached hydrogens (tertiary/aromatic N) is 4. The van der Waals surface area contributed by atoms with Crippen molar-refractivity contribution in [1.29, 1.82) is 0 Å². The molecule has 1 saturated heterocycles. The minimum Gasteiger partial charge on any atom is -0.394 e. The Hall–Kier alpha value is -1.85. The van der Waals surface area contributed by atoms with Crippen LogP contribution in [0.4, 0.5) is 5.82 Å². The molecule has 1 aliphatic rings. The van der Waals surface area contributed by atoms with E-state index in [-0.39, 0.29) is 11.5 Å². The first kappa shape index (κ1) is 14.1. The number of hydrogen-bond donors (Lipinski definition) is 4. The molecule has 0 aromatic carbocycles. The number of hydrogen-bond acceptors (Lipinski definition) is 9. The predicted octanol–water partition coefficient (Wildman–Crippen LogP) is -2.22. The van der Waals surface area contributed by atoms with Crippen LogP contribution in [0.2, 0.25) is 0 Å². The SMILES string of the molecule is CO[C@@]1(n2cnc3c(N)ncnc32)O[C@H](CO)[C@@H](O)[C@H]1O. The Morgan fingerprint density at radius 3 is 2.81 bits per heavy atom. The van der Waals surface area contributed by atoms with Crippen LogP contribution in [0.15, 0.2) is 12.7 Å². The third-order valence-electron chi connectivity index (χ3n) is 3.57. The molecule has 0 radical (unpaired) electrons. The van der Waals surface area contributed by atoms with Gasteiger partial charge in [0.25, 0.3) is 5.91 Å². The zero-order valence-corrected chi connectivity index (χ0v) is 11.1. The average molecular weight is 297 g/mol. The van der Waals surface area contributed by atoms with Crippen LogP contribution in [-0.4, -0.2) is 66.9 Å². The van der Waals surface area contributed by atoms with Crippen molar-refractivity contribution in [1.82, 2.24) is 19.5 Å². The van der Waals surface area contributed by atoms with Crippen molar-refractivity contribution in [2.75, 3.05) is 19.5 Å². The summed E-state index contributed by atoms with van der Waals surface area (Å²) < 4.78 is 12.1. The van der Waals surface area contributed by atoms with Gasteiger partial charge in [0.15, 0.2) is 17.6 Å². The first-order valence-corrected chi connectivity index (χ1v) is 6.19. The van der Waals surface area contributed by atoms with Crippen LogP contribution in [0.25, 0.3) is 11.2 Å². The monoisotopic (exact) mass is 297 g/mol. The number of imidazole rings is 1. The standard InChI is InChI=1S/C11H15N5O5/c1-20-11(8(19)7(18)5(2-17)21-11)16-4-15-6-9(12)13-3-14-10(6)16/h3-5,7-8,17-19H,2H2,1H3,(H2,12,13,14)/t5-,7-,8-,11-/m1/s1. The number of anilines is 1. The molecule has 4 atom stereocenters. The van der Waals surface area contributed by atoms with Crippen LogP contribution in [0, 0.1) is 0 Å². The normalized spacial score (nSPS) is 32.9. The highest BCUT2D eigenvalue weighted by molar-refractivity contribution is 5.81. The maximum absolute atomic E-state index is 10.3. The number of aliphatic hydroxyl groups excluding tert-OH is 3. The molecule has 0 unspecified atom stereocenters. The van der Waals surface area contributed by atoms with Gasteiger partial charge in [0.2, 0.25) is 0 Å². The fraction of sp³-hybridized carbons (Fsp3) is 0.545. The van der Waals surface area contributed by atoms with E-state index in [9.17, 15) is 15.3 Å². The van der Waals surface area contributed by atoms with Crippen molar-refractivity contribution < 1.29 is 24.8 Å². The van der Waals surface area contributed by atoms with Crippen LogP contribution in [0.1, 0.15) is 0 Å². The minimum absolute atomic E-state index is 0.164. The molecule has 10 heteroatoms. The molecular formula is C11H15N5O5. The van der Waals surface area contributed by atoms with Crippen LogP contribution in [-0.2, 0) is 15.4 Å². The molecular weight excluding hydrogens is 282 g/mol.